The van der Waals surface area contributed by atoms with Crippen LogP contribution in [0.3, 0.4) is 0 Å². The summed E-state index contributed by atoms with van der Waals surface area (Å²) < 4.78 is 9.12. The Morgan fingerprint density at radius 2 is 0.981 bits per heavy atom. The lowest BCUT2D eigenvalue weighted by atomic mass is 9.97. The number of hydrogen-bond donors (Lipinski definition) is 0. The zero-order valence-electron chi connectivity index (χ0n) is 27.7. The number of fused-ring (bicyclic) bond motifs is 8. The normalized spacial score (nSPS) is 11.8. The Morgan fingerprint density at radius 1 is 0.385 bits per heavy atom. The third-order valence-electron chi connectivity index (χ3n) is 10.1. The van der Waals surface area contributed by atoms with Crippen molar-refractivity contribution in [2.45, 2.75) is 0 Å². The first-order chi connectivity index (χ1) is 25.7. The molecule has 0 atom stereocenters. The average Bonchev–Trinajstić information content (AvgIpc) is 3.78. The summed E-state index contributed by atoms with van der Waals surface area (Å²) in [5, 5.41) is 9.15. The van der Waals surface area contributed by atoms with Crippen LogP contribution in [-0.2, 0) is 0 Å². The number of para-hydroxylation sites is 1. The quantitative estimate of drug-likeness (QED) is 0.185. The Morgan fingerprint density at radius 3 is 1.71 bits per heavy atom. The van der Waals surface area contributed by atoms with Crippen molar-refractivity contribution in [1.29, 1.82) is 0 Å². The predicted octanol–water partition coefficient (Wildman–Crippen LogP) is 13.1. The smallest absolute Gasteiger partial charge is 0.164 e. The molecule has 0 amide bonds. The summed E-state index contributed by atoms with van der Waals surface area (Å²) in [7, 11) is 0. The molecule has 0 saturated carbocycles. The van der Waals surface area contributed by atoms with E-state index in [1.807, 2.05) is 23.5 Å². The van der Waals surface area contributed by atoms with Gasteiger partial charge in [0.15, 0.2) is 17.5 Å². The lowest BCUT2D eigenvalue weighted by molar-refractivity contribution is 0.669. The maximum absolute atomic E-state index is 6.61. The SMILES string of the molecule is c1ccc2cc(-c3nc(-c4ccc5ccccc5c4)nc(-c4cc(-c5cccc6c5sc5ccccc56)cc5oc6ccccc6c45)n3)ccc2c1. The molecule has 0 aliphatic carbocycles. The van der Waals surface area contributed by atoms with E-state index in [-0.39, 0.29) is 0 Å². The van der Waals surface area contributed by atoms with Crippen molar-refractivity contribution in [3.8, 4) is 45.3 Å². The van der Waals surface area contributed by atoms with Crippen LogP contribution in [0.15, 0.2) is 168 Å². The van der Waals surface area contributed by atoms with Crippen LogP contribution in [0.2, 0.25) is 0 Å². The highest BCUT2D eigenvalue weighted by Gasteiger charge is 2.21. The molecule has 0 aliphatic rings. The number of rotatable bonds is 4. The zero-order chi connectivity index (χ0) is 34.2. The first-order valence-electron chi connectivity index (χ1n) is 17.3. The van der Waals surface area contributed by atoms with E-state index in [4.69, 9.17) is 19.4 Å². The van der Waals surface area contributed by atoms with E-state index in [9.17, 15) is 0 Å². The van der Waals surface area contributed by atoms with E-state index in [1.54, 1.807) is 0 Å². The minimum absolute atomic E-state index is 0.600. The second-order valence-corrected chi connectivity index (χ2v) is 14.3. The number of benzene rings is 8. The second-order valence-electron chi connectivity index (χ2n) is 13.2. The molecule has 0 radical (unpaired) electrons. The molecule has 3 aromatic heterocycles. The Bertz CT molecular complexity index is 3110. The third kappa shape index (κ3) is 4.64. The van der Waals surface area contributed by atoms with Crippen molar-refractivity contribution in [2.24, 2.45) is 0 Å². The highest BCUT2D eigenvalue weighted by atomic mass is 32.1. The van der Waals surface area contributed by atoms with E-state index in [1.165, 1.54) is 30.9 Å². The molecular weight excluding hydrogens is 655 g/mol. The fourth-order valence-corrected chi connectivity index (χ4v) is 8.81. The van der Waals surface area contributed by atoms with Crippen LogP contribution >= 0.6 is 11.3 Å². The monoisotopic (exact) mass is 681 g/mol. The van der Waals surface area contributed by atoms with Gasteiger partial charge in [0.1, 0.15) is 11.2 Å². The molecule has 242 valence electrons. The Balaban J connectivity index is 1.21. The van der Waals surface area contributed by atoms with Gasteiger partial charge in [-0.05, 0) is 69.1 Å². The van der Waals surface area contributed by atoms with E-state index in [2.05, 4.69) is 152 Å². The fraction of sp³-hybridized carbons (Fsp3) is 0. The van der Waals surface area contributed by atoms with Gasteiger partial charge in [0.25, 0.3) is 0 Å². The Labute approximate surface area is 302 Å². The lowest BCUT2D eigenvalue weighted by Crippen LogP contribution is -2.01. The Hall–Kier alpha value is -6.69. The van der Waals surface area contributed by atoms with Gasteiger partial charge >= 0.3 is 0 Å². The summed E-state index contributed by atoms with van der Waals surface area (Å²) in [5.74, 6) is 1.84. The van der Waals surface area contributed by atoms with Crippen molar-refractivity contribution in [2.75, 3.05) is 0 Å². The van der Waals surface area contributed by atoms with Crippen molar-refractivity contribution in [1.82, 2.24) is 15.0 Å². The van der Waals surface area contributed by atoms with Gasteiger partial charge in [0.2, 0.25) is 0 Å². The molecule has 3 heterocycles. The van der Waals surface area contributed by atoms with Crippen molar-refractivity contribution >= 4 is 75.0 Å². The molecular formula is C47H27N3OS. The maximum Gasteiger partial charge on any atom is 0.164 e. The minimum Gasteiger partial charge on any atom is -0.456 e. The van der Waals surface area contributed by atoms with Crippen LogP contribution in [0.5, 0.6) is 0 Å². The van der Waals surface area contributed by atoms with E-state index >= 15 is 0 Å². The number of furan rings is 1. The van der Waals surface area contributed by atoms with Gasteiger partial charge in [-0.25, -0.2) is 15.0 Å². The molecule has 0 fully saturated rings. The summed E-state index contributed by atoms with van der Waals surface area (Å²) in [4.78, 5) is 15.7. The predicted molar refractivity (Wildman–Crippen MR) is 217 cm³/mol. The van der Waals surface area contributed by atoms with Crippen LogP contribution in [0.4, 0.5) is 0 Å². The summed E-state index contributed by atoms with van der Waals surface area (Å²) in [5.41, 5.74) is 6.61. The summed E-state index contributed by atoms with van der Waals surface area (Å²) in [6, 6.07) is 57.4. The second kappa shape index (κ2) is 11.4. The van der Waals surface area contributed by atoms with Crippen molar-refractivity contribution < 1.29 is 4.42 Å². The number of hydrogen-bond acceptors (Lipinski definition) is 5. The molecule has 0 saturated heterocycles. The summed E-state index contributed by atoms with van der Waals surface area (Å²) >= 11 is 1.82. The number of thiophene rings is 1. The van der Waals surface area contributed by atoms with E-state index in [0.29, 0.717) is 17.5 Å². The molecule has 4 nitrogen and oxygen atoms in total. The molecule has 52 heavy (non-hydrogen) atoms. The molecule has 5 heteroatoms. The first kappa shape index (κ1) is 29.1. The summed E-state index contributed by atoms with van der Waals surface area (Å²) in [6.07, 6.45) is 0. The first-order valence-corrected chi connectivity index (χ1v) is 18.2. The van der Waals surface area contributed by atoms with Gasteiger partial charge in [-0.3, -0.25) is 0 Å². The van der Waals surface area contributed by atoms with Gasteiger partial charge in [0.05, 0.1) is 0 Å². The highest BCUT2D eigenvalue weighted by molar-refractivity contribution is 7.26. The van der Waals surface area contributed by atoms with Crippen LogP contribution in [0, 0.1) is 0 Å². The minimum atomic E-state index is 0.600. The topological polar surface area (TPSA) is 51.8 Å². The molecule has 0 N–H and O–H groups in total. The van der Waals surface area contributed by atoms with Crippen molar-refractivity contribution in [3.63, 3.8) is 0 Å². The molecule has 0 spiro atoms. The van der Waals surface area contributed by atoms with Gasteiger partial charge in [-0.2, -0.15) is 0 Å². The maximum atomic E-state index is 6.61. The van der Waals surface area contributed by atoms with Gasteiger partial charge in [-0.15, -0.1) is 11.3 Å². The van der Waals surface area contributed by atoms with E-state index < -0.39 is 0 Å². The van der Waals surface area contributed by atoms with Crippen LogP contribution in [-0.4, -0.2) is 15.0 Å². The molecule has 0 unspecified atom stereocenters. The standard InChI is InChI=1S/C47H27N3OS/c1-3-12-30-24-32(22-20-28(30)10-1)45-48-46(33-23-21-29-11-2-4-13-31(29)25-33)50-47(49-45)39-26-34(27-41-43(39)38-15-5-7-18-40(38)51-41)35-16-9-17-37-36-14-6-8-19-42(36)52-44(35)37/h1-27H. The van der Waals surface area contributed by atoms with Crippen molar-refractivity contribution in [3.05, 3.63) is 164 Å². The molecule has 8 aromatic carbocycles. The van der Waals surface area contributed by atoms with E-state index in [0.717, 1.165) is 60.5 Å². The van der Waals surface area contributed by atoms with Gasteiger partial charge in [0, 0.05) is 47.6 Å². The lowest BCUT2D eigenvalue weighted by Gasteiger charge is -2.12. The van der Waals surface area contributed by atoms with Crippen LogP contribution < -0.4 is 0 Å². The third-order valence-corrected chi connectivity index (χ3v) is 11.3. The molecule has 11 aromatic rings. The fourth-order valence-electron chi connectivity index (χ4n) is 7.57. The van der Waals surface area contributed by atoms with Crippen LogP contribution in [0.1, 0.15) is 0 Å². The molecule has 11 rings (SSSR count). The number of nitrogens with zero attached hydrogens (tertiary/aromatic N) is 3. The van der Waals surface area contributed by atoms with Crippen LogP contribution in [0.25, 0.3) is 109 Å². The molecule has 0 bridgehead atoms. The molecule has 0 aliphatic heterocycles. The average molecular weight is 682 g/mol. The van der Waals surface area contributed by atoms with Gasteiger partial charge < -0.3 is 4.42 Å². The summed E-state index contributed by atoms with van der Waals surface area (Å²) in [6.45, 7) is 0. The number of aromatic nitrogens is 3. The Kier molecular flexibility index (Phi) is 6.39. The largest absolute Gasteiger partial charge is 0.456 e. The highest BCUT2D eigenvalue weighted by Crippen LogP contribution is 2.44. The zero-order valence-corrected chi connectivity index (χ0v) is 28.6. The van der Waals surface area contributed by atoms with Gasteiger partial charge in [-0.1, -0.05) is 127 Å².